The zero-order valence-electron chi connectivity index (χ0n) is 19.5. The van der Waals surface area contributed by atoms with E-state index in [2.05, 4.69) is 5.32 Å². The Balaban J connectivity index is 1.56. The van der Waals surface area contributed by atoms with Crippen LogP contribution in [0.1, 0.15) is 57.7 Å². The molecule has 0 saturated carbocycles. The fourth-order valence-electron chi connectivity index (χ4n) is 3.55. The molecule has 0 aromatic heterocycles. The molecule has 0 bridgehead atoms. The van der Waals surface area contributed by atoms with Crippen molar-refractivity contribution in [1.29, 1.82) is 0 Å². The Morgan fingerprint density at radius 1 is 0.794 bits per heavy atom. The van der Waals surface area contributed by atoms with Gasteiger partial charge in [0.1, 0.15) is 0 Å². The number of rotatable bonds is 10. The molecule has 3 rings (SSSR count). The molecule has 0 spiro atoms. The molecular weight excluding hydrogens is 428 g/mol. The van der Waals surface area contributed by atoms with E-state index >= 15 is 0 Å². The topological polar surface area (TPSA) is 86.7 Å². The summed E-state index contributed by atoms with van der Waals surface area (Å²) in [5.41, 5.74) is 4.05. The number of aryl methyl sites for hydroxylation is 1. The van der Waals surface area contributed by atoms with Crippen LogP contribution in [0.4, 0.5) is 0 Å². The minimum Gasteiger partial charge on any atom is -0.481 e. The molecule has 0 aliphatic heterocycles. The van der Waals surface area contributed by atoms with Crippen molar-refractivity contribution in [2.45, 2.75) is 45.8 Å². The van der Waals surface area contributed by atoms with Crippen molar-refractivity contribution >= 4 is 17.8 Å². The van der Waals surface area contributed by atoms with Gasteiger partial charge in [0.15, 0.2) is 0 Å². The lowest BCUT2D eigenvalue weighted by Gasteiger charge is -2.27. The number of hydrogen-bond donors (Lipinski definition) is 2. The van der Waals surface area contributed by atoms with Gasteiger partial charge in [0.05, 0.1) is 0 Å². The van der Waals surface area contributed by atoms with Crippen molar-refractivity contribution in [3.8, 4) is 0 Å². The van der Waals surface area contributed by atoms with Gasteiger partial charge in [0, 0.05) is 36.7 Å². The maximum atomic E-state index is 12.9. The van der Waals surface area contributed by atoms with Gasteiger partial charge in [-0.05, 0) is 61.2 Å². The number of aliphatic carboxylic acids is 1. The van der Waals surface area contributed by atoms with Crippen molar-refractivity contribution in [1.82, 2.24) is 10.2 Å². The van der Waals surface area contributed by atoms with Gasteiger partial charge in [-0.1, -0.05) is 54.6 Å². The van der Waals surface area contributed by atoms with Crippen LogP contribution in [0.25, 0.3) is 0 Å². The number of carboxylic acid groups (broad SMARTS) is 1. The van der Waals surface area contributed by atoms with Gasteiger partial charge >= 0.3 is 5.97 Å². The molecule has 0 radical (unpaired) electrons. The van der Waals surface area contributed by atoms with Gasteiger partial charge in [-0.25, -0.2) is 0 Å². The number of carboxylic acids is 1. The third-order valence-electron chi connectivity index (χ3n) is 5.58. The zero-order chi connectivity index (χ0) is 24.5. The van der Waals surface area contributed by atoms with Crippen molar-refractivity contribution in [3.05, 3.63) is 107 Å². The van der Waals surface area contributed by atoms with E-state index in [1.165, 1.54) is 0 Å². The molecule has 0 fully saturated rings. The van der Waals surface area contributed by atoms with Crippen molar-refractivity contribution in [2.75, 3.05) is 0 Å². The maximum Gasteiger partial charge on any atom is 0.303 e. The first-order valence-corrected chi connectivity index (χ1v) is 11.4. The summed E-state index contributed by atoms with van der Waals surface area (Å²) in [7, 11) is 0. The highest BCUT2D eigenvalue weighted by Crippen LogP contribution is 2.15. The van der Waals surface area contributed by atoms with E-state index in [1.807, 2.05) is 85.5 Å². The van der Waals surface area contributed by atoms with Crippen LogP contribution in [0, 0.1) is 0 Å². The highest BCUT2D eigenvalue weighted by atomic mass is 16.4. The van der Waals surface area contributed by atoms with Gasteiger partial charge in [0.25, 0.3) is 11.8 Å². The van der Waals surface area contributed by atoms with Crippen LogP contribution >= 0.6 is 0 Å². The molecule has 176 valence electrons. The molecule has 2 N–H and O–H groups in total. The van der Waals surface area contributed by atoms with Crippen LogP contribution in [-0.2, 0) is 24.3 Å². The Hall–Kier alpha value is -3.93. The SMILES string of the molecule is CC(C)N(Cc1ccc(C(=O)NCc2ccc(CCC(=O)O)cc2)cc1)C(=O)c1ccccc1. The van der Waals surface area contributed by atoms with Gasteiger partial charge in [-0.15, -0.1) is 0 Å². The van der Waals surface area contributed by atoms with E-state index < -0.39 is 5.97 Å². The van der Waals surface area contributed by atoms with Gasteiger partial charge in [-0.2, -0.15) is 0 Å². The Morgan fingerprint density at radius 3 is 1.97 bits per heavy atom. The summed E-state index contributed by atoms with van der Waals surface area (Å²) in [6.07, 6.45) is 0.584. The van der Waals surface area contributed by atoms with Crippen LogP contribution in [0.2, 0.25) is 0 Å². The predicted octanol–water partition coefficient (Wildman–Crippen LogP) is 4.68. The summed E-state index contributed by atoms with van der Waals surface area (Å²) in [5, 5.41) is 11.7. The first kappa shape index (κ1) is 24.7. The monoisotopic (exact) mass is 458 g/mol. The Bertz CT molecular complexity index is 1110. The first-order chi connectivity index (χ1) is 16.3. The molecule has 34 heavy (non-hydrogen) atoms. The lowest BCUT2D eigenvalue weighted by molar-refractivity contribution is -0.136. The third kappa shape index (κ3) is 7.04. The largest absolute Gasteiger partial charge is 0.481 e. The third-order valence-corrected chi connectivity index (χ3v) is 5.58. The number of carbonyl (C=O) groups is 3. The van der Waals surface area contributed by atoms with Gasteiger partial charge in [-0.3, -0.25) is 14.4 Å². The molecule has 0 aliphatic rings. The average molecular weight is 459 g/mol. The standard InChI is InChI=1S/C28H30N2O4/c1-20(2)30(28(34)25-6-4-3-5-7-25)19-23-12-15-24(16-13-23)27(33)29-18-22-10-8-21(9-11-22)14-17-26(31)32/h3-13,15-16,20H,14,17-19H2,1-2H3,(H,29,33)(H,31,32). The van der Waals surface area contributed by atoms with E-state index in [-0.39, 0.29) is 24.3 Å². The summed E-state index contributed by atoms with van der Waals surface area (Å²) >= 11 is 0. The molecule has 6 heteroatoms. The smallest absolute Gasteiger partial charge is 0.303 e. The van der Waals surface area contributed by atoms with E-state index in [0.29, 0.717) is 30.6 Å². The van der Waals surface area contributed by atoms with Gasteiger partial charge < -0.3 is 15.3 Å². The van der Waals surface area contributed by atoms with E-state index in [9.17, 15) is 14.4 Å². The van der Waals surface area contributed by atoms with Crippen LogP contribution in [0.15, 0.2) is 78.9 Å². The number of hydrogen-bond acceptors (Lipinski definition) is 3. The minimum atomic E-state index is -0.818. The average Bonchev–Trinajstić information content (AvgIpc) is 2.85. The second-order valence-electron chi connectivity index (χ2n) is 8.48. The van der Waals surface area contributed by atoms with Crippen LogP contribution in [0.5, 0.6) is 0 Å². The van der Waals surface area contributed by atoms with Gasteiger partial charge in [0.2, 0.25) is 0 Å². The van der Waals surface area contributed by atoms with E-state index in [1.54, 1.807) is 12.1 Å². The Morgan fingerprint density at radius 2 is 1.38 bits per heavy atom. The quantitative estimate of drug-likeness (QED) is 0.462. The summed E-state index contributed by atoms with van der Waals surface area (Å²) in [5.74, 6) is -1.02. The summed E-state index contributed by atoms with van der Waals surface area (Å²) in [6.45, 7) is 4.82. The molecule has 0 aliphatic carbocycles. The first-order valence-electron chi connectivity index (χ1n) is 11.4. The van der Waals surface area contributed by atoms with Crippen molar-refractivity contribution < 1.29 is 19.5 Å². The molecule has 6 nitrogen and oxygen atoms in total. The summed E-state index contributed by atoms with van der Waals surface area (Å²) in [4.78, 5) is 38.0. The van der Waals surface area contributed by atoms with Crippen molar-refractivity contribution in [2.24, 2.45) is 0 Å². The number of amides is 2. The Kier molecular flexibility index (Phi) is 8.57. The second-order valence-corrected chi connectivity index (χ2v) is 8.48. The van der Waals surface area contributed by atoms with E-state index in [4.69, 9.17) is 5.11 Å². The number of nitrogens with one attached hydrogen (secondary N) is 1. The van der Waals surface area contributed by atoms with Crippen LogP contribution in [-0.4, -0.2) is 33.8 Å². The fraction of sp³-hybridized carbons (Fsp3) is 0.250. The number of nitrogens with zero attached hydrogens (tertiary/aromatic N) is 1. The summed E-state index contributed by atoms with van der Waals surface area (Å²) in [6, 6.07) is 24.1. The highest BCUT2D eigenvalue weighted by molar-refractivity contribution is 5.95. The molecule has 0 atom stereocenters. The van der Waals surface area contributed by atoms with E-state index in [0.717, 1.165) is 16.7 Å². The molecule has 0 heterocycles. The van der Waals surface area contributed by atoms with Crippen molar-refractivity contribution in [3.63, 3.8) is 0 Å². The molecule has 0 unspecified atom stereocenters. The summed E-state index contributed by atoms with van der Waals surface area (Å²) < 4.78 is 0. The molecule has 2 amide bonds. The molecule has 0 saturated heterocycles. The highest BCUT2D eigenvalue weighted by Gasteiger charge is 2.19. The number of benzene rings is 3. The lowest BCUT2D eigenvalue weighted by Crippen LogP contribution is -2.36. The van der Waals surface area contributed by atoms with Crippen LogP contribution in [0.3, 0.4) is 0 Å². The lowest BCUT2D eigenvalue weighted by atomic mass is 10.1. The fourth-order valence-corrected chi connectivity index (χ4v) is 3.55. The normalized spacial score (nSPS) is 10.7. The molecule has 3 aromatic carbocycles. The molecule has 3 aromatic rings. The minimum absolute atomic E-state index is 0.0219. The predicted molar refractivity (Wildman–Crippen MR) is 131 cm³/mol. The van der Waals surface area contributed by atoms with Crippen LogP contribution < -0.4 is 5.32 Å². The maximum absolute atomic E-state index is 12.9. The second kappa shape index (κ2) is 11.8. The molecular formula is C28H30N2O4. The Labute approximate surface area is 200 Å². The number of carbonyl (C=O) groups excluding carboxylic acids is 2. The zero-order valence-corrected chi connectivity index (χ0v) is 19.5.